The first kappa shape index (κ1) is 39.7. The summed E-state index contributed by atoms with van der Waals surface area (Å²) < 4.78 is 5.55. The van der Waals surface area contributed by atoms with Crippen molar-refractivity contribution in [2.24, 2.45) is 10.2 Å². The number of likely N-dealkylation sites (N-methyl/N-ethyl adjacent to an activating group) is 1. The fourth-order valence-corrected chi connectivity index (χ4v) is 4.34. The van der Waals surface area contributed by atoms with E-state index >= 15 is 0 Å². The number of amides is 4. The van der Waals surface area contributed by atoms with Crippen LogP contribution in [0.5, 0.6) is 0 Å². The molecule has 5 N–H and O–H groups in total. The predicted octanol–water partition coefficient (Wildman–Crippen LogP) is 2.74. The second kappa shape index (κ2) is 20.7. The van der Waals surface area contributed by atoms with Gasteiger partial charge in [-0.3, -0.25) is 34.1 Å². The van der Waals surface area contributed by atoms with Gasteiger partial charge in [-0.25, -0.2) is 0 Å². The minimum Gasteiger partial charge on any atom is -0.480 e. The van der Waals surface area contributed by atoms with E-state index in [0.717, 1.165) is 5.69 Å². The molecule has 266 valence electrons. The number of carboxylic acids is 1. The molecular formula is C32H44N8O9. The number of unbranched alkanes of at least 4 members (excludes halogenated alkanes) is 1. The Morgan fingerprint density at radius 1 is 0.898 bits per heavy atom. The second-order valence-electron chi connectivity index (χ2n) is 11.0. The number of nitrogens with one attached hydrogen (secondary N) is 4. The number of nitrogens with zero attached hydrogens (tertiary/aromatic N) is 4. The normalized spacial score (nSPS) is 12.7. The van der Waals surface area contributed by atoms with Crippen molar-refractivity contribution in [2.75, 3.05) is 37.7 Å². The standard InChI is InChI=1S/C32H44N8O9/c1-5-39(26-13-9-24(10-14-26)37-38-25-11-15-27(16-12-25)40(47)48)18-19-49-20-29(42)33-17-7-6-8-28(36-23(4)41)31(44)34-21(2)30(43)35-22(3)32(45)46/h9-16,21-22,28H,5-8,17-20H2,1-4H3,(H,33,42)(H,34,44)(H,35,43)(H,36,41)(H,45,46)/t21-,22-,28+/m1/s1. The highest BCUT2D eigenvalue weighted by atomic mass is 16.6. The first-order valence-corrected chi connectivity index (χ1v) is 15.8. The van der Waals surface area contributed by atoms with E-state index in [1.165, 1.54) is 45.0 Å². The minimum atomic E-state index is -1.21. The summed E-state index contributed by atoms with van der Waals surface area (Å²) in [5.74, 6) is -3.19. The summed E-state index contributed by atoms with van der Waals surface area (Å²) in [6.07, 6.45) is 1.27. The number of anilines is 1. The number of carbonyl (C=O) groups is 5. The van der Waals surface area contributed by atoms with Crippen molar-refractivity contribution < 1.29 is 38.7 Å². The molecule has 17 nitrogen and oxygen atoms in total. The van der Waals surface area contributed by atoms with E-state index in [1.807, 2.05) is 19.1 Å². The molecule has 0 heterocycles. The number of nitro groups is 1. The molecule has 0 radical (unpaired) electrons. The van der Waals surface area contributed by atoms with E-state index in [9.17, 15) is 34.1 Å². The Labute approximate surface area is 284 Å². The molecule has 2 aromatic rings. The zero-order valence-corrected chi connectivity index (χ0v) is 28.0. The molecule has 2 rings (SSSR count). The van der Waals surface area contributed by atoms with E-state index in [0.29, 0.717) is 50.5 Å². The Bertz CT molecular complexity index is 1450. The highest BCUT2D eigenvalue weighted by molar-refractivity contribution is 5.92. The van der Waals surface area contributed by atoms with E-state index in [1.54, 1.807) is 12.1 Å². The van der Waals surface area contributed by atoms with Crippen LogP contribution in [0, 0.1) is 10.1 Å². The monoisotopic (exact) mass is 684 g/mol. The smallest absolute Gasteiger partial charge is 0.325 e. The fourth-order valence-electron chi connectivity index (χ4n) is 4.34. The lowest BCUT2D eigenvalue weighted by Crippen LogP contribution is -2.54. The number of nitro benzene ring substituents is 1. The van der Waals surface area contributed by atoms with Gasteiger partial charge in [0.15, 0.2) is 0 Å². The third kappa shape index (κ3) is 14.9. The summed E-state index contributed by atoms with van der Waals surface area (Å²) in [6.45, 7) is 7.72. The maximum atomic E-state index is 12.7. The van der Waals surface area contributed by atoms with Crippen molar-refractivity contribution in [1.82, 2.24) is 21.3 Å². The van der Waals surface area contributed by atoms with E-state index in [4.69, 9.17) is 9.84 Å². The van der Waals surface area contributed by atoms with Crippen LogP contribution in [-0.4, -0.2) is 90.6 Å². The molecular weight excluding hydrogens is 640 g/mol. The number of hydrogen-bond acceptors (Lipinski definition) is 11. The maximum absolute atomic E-state index is 12.7. The van der Waals surface area contributed by atoms with Crippen molar-refractivity contribution >= 4 is 52.3 Å². The van der Waals surface area contributed by atoms with Crippen LogP contribution in [-0.2, 0) is 28.7 Å². The molecule has 0 aromatic heterocycles. The number of carbonyl (C=O) groups excluding carboxylic acids is 4. The molecule has 0 saturated heterocycles. The number of carboxylic acid groups (broad SMARTS) is 1. The summed E-state index contributed by atoms with van der Waals surface area (Å²) in [4.78, 5) is 72.0. The highest BCUT2D eigenvalue weighted by Gasteiger charge is 2.25. The molecule has 0 fully saturated rings. The van der Waals surface area contributed by atoms with Crippen LogP contribution in [0.4, 0.5) is 22.7 Å². The predicted molar refractivity (Wildman–Crippen MR) is 180 cm³/mol. The Balaban J connectivity index is 1.69. The molecule has 49 heavy (non-hydrogen) atoms. The first-order valence-electron chi connectivity index (χ1n) is 15.8. The first-order chi connectivity index (χ1) is 23.3. The lowest BCUT2D eigenvalue weighted by Gasteiger charge is -2.23. The topological polar surface area (TPSA) is 234 Å². The molecule has 0 aliphatic heterocycles. The average molecular weight is 685 g/mol. The Hall–Kier alpha value is -5.45. The van der Waals surface area contributed by atoms with E-state index < -0.39 is 46.7 Å². The Morgan fingerprint density at radius 2 is 1.49 bits per heavy atom. The Morgan fingerprint density at radius 3 is 2.04 bits per heavy atom. The number of rotatable bonds is 21. The summed E-state index contributed by atoms with van der Waals surface area (Å²) in [5, 5.41) is 38.0. The fraction of sp³-hybridized carbons (Fsp3) is 0.469. The molecule has 3 atom stereocenters. The third-order valence-electron chi connectivity index (χ3n) is 7.09. The van der Waals surface area contributed by atoms with Gasteiger partial charge in [0.1, 0.15) is 24.7 Å². The zero-order valence-electron chi connectivity index (χ0n) is 28.0. The van der Waals surface area contributed by atoms with Gasteiger partial charge in [0, 0.05) is 44.4 Å². The number of benzene rings is 2. The van der Waals surface area contributed by atoms with E-state index in [-0.39, 0.29) is 24.6 Å². The van der Waals surface area contributed by atoms with Crippen molar-refractivity contribution in [3.63, 3.8) is 0 Å². The van der Waals surface area contributed by atoms with Crippen LogP contribution in [0.1, 0.15) is 47.0 Å². The molecule has 0 aliphatic carbocycles. The molecule has 0 spiro atoms. The van der Waals surface area contributed by atoms with Gasteiger partial charge in [-0.05, 0) is 76.4 Å². The number of non-ortho nitro benzene ring substituents is 1. The summed E-state index contributed by atoms with van der Waals surface area (Å²) in [6, 6.07) is 10.1. The lowest BCUT2D eigenvalue weighted by atomic mass is 10.1. The van der Waals surface area contributed by atoms with Gasteiger partial charge in [-0.1, -0.05) is 0 Å². The zero-order chi connectivity index (χ0) is 36.3. The molecule has 0 unspecified atom stereocenters. The van der Waals surface area contributed by atoms with Crippen molar-refractivity contribution in [3.8, 4) is 0 Å². The summed E-state index contributed by atoms with van der Waals surface area (Å²) in [5.41, 5.74) is 2.02. The van der Waals surface area contributed by atoms with Gasteiger partial charge in [0.2, 0.25) is 23.6 Å². The van der Waals surface area contributed by atoms with Gasteiger partial charge in [0.05, 0.1) is 22.9 Å². The van der Waals surface area contributed by atoms with Crippen LogP contribution in [0.25, 0.3) is 0 Å². The van der Waals surface area contributed by atoms with Crippen LogP contribution in [0.3, 0.4) is 0 Å². The van der Waals surface area contributed by atoms with Gasteiger partial charge in [-0.2, -0.15) is 10.2 Å². The number of aliphatic carboxylic acids is 1. The molecule has 17 heteroatoms. The number of ether oxygens (including phenoxy) is 1. The summed E-state index contributed by atoms with van der Waals surface area (Å²) >= 11 is 0. The van der Waals surface area contributed by atoms with E-state index in [2.05, 4.69) is 36.4 Å². The van der Waals surface area contributed by atoms with Crippen molar-refractivity contribution in [2.45, 2.75) is 65.1 Å². The highest BCUT2D eigenvalue weighted by Crippen LogP contribution is 2.23. The SMILES string of the molecule is CCN(CCOCC(=O)NCCCC[C@H](NC(C)=O)C(=O)N[C@H](C)C(=O)N[C@H](C)C(=O)O)c1ccc(N=Nc2ccc([N+](=O)[O-])cc2)cc1. The quantitative estimate of drug-likeness (QED) is 0.0558. The minimum absolute atomic E-state index is 0.0210. The number of azo groups is 1. The average Bonchev–Trinajstić information content (AvgIpc) is 3.06. The van der Waals surface area contributed by atoms with Crippen LogP contribution in [0.15, 0.2) is 58.8 Å². The Kier molecular flexibility index (Phi) is 16.8. The molecule has 2 aromatic carbocycles. The lowest BCUT2D eigenvalue weighted by molar-refractivity contribution is -0.384. The van der Waals surface area contributed by atoms with Crippen molar-refractivity contribution in [3.05, 3.63) is 58.6 Å². The second-order valence-corrected chi connectivity index (χ2v) is 11.0. The maximum Gasteiger partial charge on any atom is 0.325 e. The van der Waals surface area contributed by atoms with Crippen LogP contribution < -0.4 is 26.2 Å². The molecule has 0 saturated carbocycles. The third-order valence-corrected chi connectivity index (χ3v) is 7.09. The summed E-state index contributed by atoms with van der Waals surface area (Å²) in [7, 11) is 0. The van der Waals surface area contributed by atoms with Gasteiger partial charge >= 0.3 is 5.97 Å². The van der Waals surface area contributed by atoms with Crippen LogP contribution >= 0.6 is 0 Å². The molecule has 0 bridgehead atoms. The van der Waals surface area contributed by atoms with Gasteiger partial charge < -0.3 is 36.0 Å². The molecule has 4 amide bonds. The van der Waals surface area contributed by atoms with Gasteiger partial charge in [0.25, 0.3) is 5.69 Å². The number of hydrogen-bond donors (Lipinski definition) is 5. The van der Waals surface area contributed by atoms with Gasteiger partial charge in [-0.15, -0.1) is 0 Å². The van der Waals surface area contributed by atoms with Crippen molar-refractivity contribution in [1.29, 1.82) is 0 Å². The van der Waals surface area contributed by atoms with Crippen LogP contribution in [0.2, 0.25) is 0 Å². The largest absolute Gasteiger partial charge is 0.480 e. The molecule has 0 aliphatic rings.